The van der Waals surface area contributed by atoms with Gasteiger partial charge in [-0.1, -0.05) is 35.9 Å². The topological polar surface area (TPSA) is 38.0 Å². The summed E-state index contributed by atoms with van der Waals surface area (Å²) in [4.78, 5) is 4.28. The van der Waals surface area contributed by atoms with Crippen LogP contribution in [0.4, 0.5) is 4.39 Å². The smallest absolute Gasteiger partial charge is 0.128 e. The maximum atomic E-state index is 13.9. The molecule has 0 aliphatic rings. The monoisotopic (exact) mass is 316 g/mol. The third-order valence-corrected chi connectivity index (χ3v) is 3.88. The molecule has 1 heterocycles. The lowest BCUT2D eigenvalue weighted by Crippen LogP contribution is -2.06. The molecule has 0 fully saturated rings. The van der Waals surface area contributed by atoms with Gasteiger partial charge in [0.25, 0.3) is 0 Å². The number of halogens is 2. The van der Waals surface area contributed by atoms with Crippen LogP contribution in [-0.2, 0) is 13.0 Å². The molecule has 112 valence electrons. The van der Waals surface area contributed by atoms with Gasteiger partial charge in [0.05, 0.1) is 6.54 Å². The Morgan fingerprint density at radius 1 is 1.14 bits per heavy atom. The Bertz CT molecular complexity index is 781. The number of rotatable bonds is 4. The lowest BCUT2D eigenvalue weighted by atomic mass is 10.1. The molecule has 0 unspecified atom stereocenters. The van der Waals surface area contributed by atoms with Gasteiger partial charge in [0.1, 0.15) is 17.4 Å². The van der Waals surface area contributed by atoms with Gasteiger partial charge in [0.2, 0.25) is 0 Å². The van der Waals surface area contributed by atoms with Crippen LogP contribution in [0.1, 0.15) is 17.0 Å². The predicted octanol–water partition coefficient (Wildman–Crippen LogP) is 4.02. The van der Waals surface area contributed by atoms with E-state index in [1.807, 2.05) is 16.7 Å². The quantitative estimate of drug-likeness (QED) is 0.789. The second-order valence-corrected chi connectivity index (χ2v) is 5.38. The highest BCUT2D eigenvalue weighted by Gasteiger charge is 2.12. The van der Waals surface area contributed by atoms with Crippen molar-refractivity contribution in [3.05, 3.63) is 82.6 Å². The number of benzene rings is 2. The minimum Gasteiger partial charge on any atom is -0.508 e. The molecule has 2 aromatic carbocycles. The van der Waals surface area contributed by atoms with Crippen LogP contribution in [0, 0.1) is 5.82 Å². The Balaban J connectivity index is 1.88. The minimum absolute atomic E-state index is 0.228. The first-order chi connectivity index (χ1) is 10.6. The van der Waals surface area contributed by atoms with Gasteiger partial charge in [-0.05, 0) is 18.2 Å². The zero-order chi connectivity index (χ0) is 15.5. The number of phenolic OH excluding ortho intramolecular Hbond substituents is 1. The third-order valence-electron chi connectivity index (χ3n) is 3.53. The number of aromatic nitrogens is 2. The SMILES string of the molecule is Oc1ccccc1Cn1ccnc1Cc1c(F)cccc1Cl. The lowest BCUT2D eigenvalue weighted by Gasteiger charge is -2.10. The molecular weight excluding hydrogens is 303 g/mol. The normalized spacial score (nSPS) is 10.8. The fourth-order valence-corrected chi connectivity index (χ4v) is 2.57. The molecule has 0 saturated carbocycles. The molecule has 3 rings (SSSR count). The van der Waals surface area contributed by atoms with Crippen LogP contribution in [0.3, 0.4) is 0 Å². The van der Waals surface area contributed by atoms with E-state index >= 15 is 0 Å². The highest BCUT2D eigenvalue weighted by molar-refractivity contribution is 6.31. The summed E-state index contributed by atoms with van der Waals surface area (Å²) in [5.41, 5.74) is 1.20. The van der Waals surface area contributed by atoms with Gasteiger partial charge < -0.3 is 9.67 Å². The Morgan fingerprint density at radius 3 is 2.73 bits per heavy atom. The second kappa shape index (κ2) is 6.20. The Labute approximate surface area is 132 Å². The third kappa shape index (κ3) is 2.97. The molecule has 22 heavy (non-hydrogen) atoms. The molecule has 0 amide bonds. The van der Waals surface area contributed by atoms with Crippen LogP contribution in [0.5, 0.6) is 5.75 Å². The van der Waals surface area contributed by atoms with Crippen molar-refractivity contribution in [1.29, 1.82) is 0 Å². The lowest BCUT2D eigenvalue weighted by molar-refractivity contribution is 0.465. The summed E-state index contributed by atoms with van der Waals surface area (Å²) in [7, 11) is 0. The van der Waals surface area contributed by atoms with Gasteiger partial charge in [-0.15, -0.1) is 0 Å². The fourth-order valence-electron chi connectivity index (χ4n) is 2.34. The van der Waals surface area contributed by atoms with E-state index in [1.54, 1.807) is 36.7 Å². The summed E-state index contributed by atoms with van der Waals surface area (Å²) in [6.45, 7) is 0.466. The molecule has 0 saturated heterocycles. The van der Waals surface area contributed by atoms with Crippen molar-refractivity contribution in [1.82, 2.24) is 9.55 Å². The van der Waals surface area contributed by atoms with E-state index in [9.17, 15) is 9.50 Å². The first-order valence-corrected chi connectivity index (χ1v) is 7.22. The molecule has 3 aromatic rings. The van der Waals surface area contributed by atoms with E-state index in [0.29, 0.717) is 29.4 Å². The van der Waals surface area contributed by atoms with Crippen LogP contribution >= 0.6 is 11.6 Å². The summed E-state index contributed by atoms with van der Waals surface area (Å²) in [6.07, 6.45) is 3.76. The van der Waals surface area contributed by atoms with Crippen molar-refractivity contribution < 1.29 is 9.50 Å². The highest BCUT2D eigenvalue weighted by atomic mass is 35.5. The van der Waals surface area contributed by atoms with Crippen molar-refractivity contribution in [2.24, 2.45) is 0 Å². The average Bonchev–Trinajstić information content (AvgIpc) is 2.93. The number of hydrogen-bond donors (Lipinski definition) is 1. The Kier molecular flexibility index (Phi) is 4.11. The number of imidazole rings is 1. The number of phenols is 1. The van der Waals surface area contributed by atoms with Crippen LogP contribution in [0.2, 0.25) is 5.02 Å². The van der Waals surface area contributed by atoms with E-state index in [0.717, 1.165) is 5.56 Å². The number of para-hydroxylation sites is 1. The van der Waals surface area contributed by atoms with Crippen LogP contribution < -0.4 is 0 Å². The zero-order valence-corrected chi connectivity index (χ0v) is 12.5. The molecule has 1 aromatic heterocycles. The largest absolute Gasteiger partial charge is 0.508 e. The van der Waals surface area contributed by atoms with Gasteiger partial charge in [0.15, 0.2) is 0 Å². The fraction of sp³-hybridized carbons (Fsp3) is 0.118. The van der Waals surface area contributed by atoms with E-state index < -0.39 is 0 Å². The van der Waals surface area contributed by atoms with Crippen molar-refractivity contribution in [2.75, 3.05) is 0 Å². The molecule has 0 aliphatic heterocycles. The summed E-state index contributed by atoms with van der Waals surface area (Å²) in [6, 6.07) is 11.7. The first-order valence-electron chi connectivity index (χ1n) is 6.85. The van der Waals surface area contributed by atoms with E-state index in [2.05, 4.69) is 4.98 Å². The van der Waals surface area contributed by atoms with Crippen molar-refractivity contribution in [2.45, 2.75) is 13.0 Å². The van der Waals surface area contributed by atoms with Crippen molar-refractivity contribution >= 4 is 11.6 Å². The van der Waals surface area contributed by atoms with E-state index in [4.69, 9.17) is 11.6 Å². The molecule has 0 atom stereocenters. The standard InChI is InChI=1S/C17H14ClFN2O/c18-14-5-3-6-15(19)13(14)10-17-20-8-9-21(17)11-12-4-1-2-7-16(12)22/h1-9,22H,10-11H2. The molecule has 0 aliphatic carbocycles. The van der Waals surface area contributed by atoms with Crippen LogP contribution in [-0.4, -0.2) is 14.7 Å². The Morgan fingerprint density at radius 2 is 1.95 bits per heavy atom. The maximum Gasteiger partial charge on any atom is 0.128 e. The van der Waals surface area contributed by atoms with Crippen LogP contribution in [0.15, 0.2) is 54.9 Å². The molecule has 0 spiro atoms. The maximum absolute atomic E-state index is 13.9. The van der Waals surface area contributed by atoms with Crippen molar-refractivity contribution in [3.8, 4) is 5.75 Å². The van der Waals surface area contributed by atoms with Gasteiger partial charge in [-0.3, -0.25) is 0 Å². The van der Waals surface area contributed by atoms with Crippen molar-refractivity contribution in [3.63, 3.8) is 0 Å². The van der Waals surface area contributed by atoms with E-state index in [1.165, 1.54) is 6.07 Å². The first kappa shape index (κ1) is 14.6. The Hall–Kier alpha value is -2.33. The molecular formula is C17H14ClFN2O. The summed E-state index contributed by atoms with van der Waals surface area (Å²) >= 11 is 6.07. The van der Waals surface area contributed by atoms with Gasteiger partial charge in [0, 0.05) is 35.0 Å². The van der Waals surface area contributed by atoms with Gasteiger partial charge >= 0.3 is 0 Å². The number of nitrogens with zero attached hydrogens (tertiary/aromatic N) is 2. The summed E-state index contributed by atoms with van der Waals surface area (Å²) in [5.74, 6) is 0.575. The van der Waals surface area contributed by atoms with Crippen LogP contribution in [0.25, 0.3) is 0 Å². The zero-order valence-electron chi connectivity index (χ0n) is 11.7. The van der Waals surface area contributed by atoms with Gasteiger partial charge in [-0.2, -0.15) is 0 Å². The average molecular weight is 317 g/mol. The highest BCUT2D eigenvalue weighted by Crippen LogP contribution is 2.23. The number of hydrogen-bond acceptors (Lipinski definition) is 2. The minimum atomic E-state index is -0.343. The second-order valence-electron chi connectivity index (χ2n) is 4.98. The van der Waals surface area contributed by atoms with E-state index in [-0.39, 0.29) is 11.6 Å². The summed E-state index contributed by atoms with van der Waals surface area (Å²) < 4.78 is 15.8. The molecule has 0 radical (unpaired) electrons. The predicted molar refractivity (Wildman–Crippen MR) is 83.7 cm³/mol. The molecule has 1 N–H and O–H groups in total. The summed E-state index contributed by atoms with van der Waals surface area (Å²) in [5, 5.41) is 10.2. The molecule has 3 nitrogen and oxygen atoms in total. The molecule has 0 bridgehead atoms. The van der Waals surface area contributed by atoms with Gasteiger partial charge in [-0.25, -0.2) is 9.37 Å². The number of aromatic hydroxyl groups is 1. The molecule has 5 heteroatoms.